The van der Waals surface area contributed by atoms with Gasteiger partial charge in [0.2, 0.25) is 0 Å². The fraction of sp³-hybridized carbons (Fsp3) is 0.423. The number of thioether (sulfide) groups is 1. The van der Waals surface area contributed by atoms with Gasteiger partial charge in [0.25, 0.3) is 5.91 Å². The van der Waals surface area contributed by atoms with E-state index in [1.54, 1.807) is 12.1 Å². The van der Waals surface area contributed by atoms with Crippen molar-refractivity contribution < 1.29 is 18.3 Å². The van der Waals surface area contributed by atoms with Crippen LogP contribution in [0, 0.1) is 12.7 Å². The second-order valence-corrected chi connectivity index (χ2v) is 9.92. The molecule has 0 saturated carbocycles. The van der Waals surface area contributed by atoms with Gasteiger partial charge >= 0.3 is 0 Å². The van der Waals surface area contributed by atoms with Crippen molar-refractivity contribution in [3.8, 4) is 0 Å². The summed E-state index contributed by atoms with van der Waals surface area (Å²) in [7, 11) is 0. The third-order valence-electron chi connectivity index (χ3n) is 6.36. The van der Waals surface area contributed by atoms with Crippen molar-refractivity contribution in [1.29, 1.82) is 0 Å². The Balaban J connectivity index is 1.15. The molecule has 36 heavy (non-hydrogen) atoms. The third-order valence-corrected chi connectivity index (χ3v) is 7.23. The molecule has 1 atom stereocenters. The molecule has 2 aliphatic rings. The molecule has 8 nitrogen and oxygen atoms in total. The number of carbonyl (C=O) groups excluding carboxylic acids is 1. The number of anilines is 2. The van der Waals surface area contributed by atoms with Gasteiger partial charge in [0, 0.05) is 51.1 Å². The topological polar surface area (TPSA) is 83.7 Å². The molecule has 2 aromatic heterocycles. The van der Waals surface area contributed by atoms with Gasteiger partial charge in [0.05, 0.1) is 17.5 Å². The first-order valence-electron chi connectivity index (χ1n) is 12.3. The molecule has 0 unspecified atom stereocenters. The average Bonchev–Trinajstić information content (AvgIpc) is 3.59. The maximum atomic E-state index is 14.2. The summed E-state index contributed by atoms with van der Waals surface area (Å²) < 4.78 is 25.4. The van der Waals surface area contributed by atoms with Crippen LogP contribution in [0.15, 0.2) is 52.0 Å². The van der Waals surface area contributed by atoms with Crippen LogP contribution in [0.2, 0.25) is 0 Å². The van der Waals surface area contributed by atoms with Gasteiger partial charge in [-0.2, -0.15) is 0 Å². The van der Waals surface area contributed by atoms with E-state index in [-0.39, 0.29) is 17.8 Å². The van der Waals surface area contributed by atoms with Gasteiger partial charge in [-0.05, 0) is 44.0 Å². The Labute approximate surface area is 214 Å². The molecule has 4 heterocycles. The molecule has 10 heteroatoms. The molecule has 0 bridgehead atoms. The van der Waals surface area contributed by atoms with Gasteiger partial charge in [-0.3, -0.25) is 4.79 Å². The van der Waals surface area contributed by atoms with Crippen LogP contribution in [-0.2, 0) is 10.5 Å². The first-order chi connectivity index (χ1) is 17.5. The number of hydrogen-bond donors (Lipinski definition) is 1. The number of ether oxygens (including phenoxy) is 1. The number of amides is 1. The van der Waals surface area contributed by atoms with Crippen molar-refractivity contribution in [2.24, 2.45) is 0 Å². The predicted octanol–water partition coefficient (Wildman–Crippen LogP) is 4.04. The number of benzene rings is 1. The Hall–Kier alpha value is -3.11. The Morgan fingerprint density at radius 1 is 1.14 bits per heavy atom. The highest BCUT2D eigenvalue weighted by atomic mass is 32.2. The van der Waals surface area contributed by atoms with Crippen LogP contribution in [-0.4, -0.2) is 61.3 Å². The van der Waals surface area contributed by atoms with Crippen molar-refractivity contribution in [2.75, 3.05) is 49.1 Å². The molecule has 2 aliphatic heterocycles. The van der Waals surface area contributed by atoms with E-state index in [2.05, 4.69) is 20.1 Å². The quantitative estimate of drug-likeness (QED) is 0.358. The molecule has 2 saturated heterocycles. The summed E-state index contributed by atoms with van der Waals surface area (Å²) in [5.41, 5.74) is 1.53. The van der Waals surface area contributed by atoms with Crippen LogP contribution in [0.1, 0.15) is 34.9 Å². The second kappa shape index (κ2) is 11.3. The Bertz CT molecular complexity index is 1190. The SMILES string of the molecule is Cc1cc(N2CCN(c3ccccc3F)CC2)nc(SCc2ccc(C(=O)NC[C@H]3CCCO3)o2)n1. The number of halogens is 1. The summed E-state index contributed by atoms with van der Waals surface area (Å²) in [5.74, 6) is 1.94. The molecule has 2 fully saturated rings. The van der Waals surface area contributed by atoms with Gasteiger partial charge in [0.15, 0.2) is 10.9 Å². The van der Waals surface area contributed by atoms with Crippen LogP contribution in [0.3, 0.4) is 0 Å². The minimum Gasteiger partial charge on any atom is -0.455 e. The molecule has 1 N–H and O–H groups in total. The second-order valence-electron chi connectivity index (χ2n) is 8.98. The van der Waals surface area contributed by atoms with Crippen molar-refractivity contribution in [3.05, 3.63) is 65.5 Å². The Kier molecular flexibility index (Phi) is 7.72. The van der Waals surface area contributed by atoms with Crippen LogP contribution < -0.4 is 15.1 Å². The lowest BCUT2D eigenvalue weighted by molar-refractivity contribution is 0.0834. The van der Waals surface area contributed by atoms with Crippen molar-refractivity contribution in [2.45, 2.75) is 36.8 Å². The molecular weight excluding hydrogens is 481 g/mol. The number of nitrogens with zero attached hydrogens (tertiary/aromatic N) is 4. The zero-order chi connectivity index (χ0) is 24.9. The van der Waals surface area contributed by atoms with Gasteiger partial charge in [-0.25, -0.2) is 14.4 Å². The van der Waals surface area contributed by atoms with Gasteiger partial charge in [-0.15, -0.1) is 0 Å². The predicted molar refractivity (Wildman–Crippen MR) is 137 cm³/mol. The molecule has 1 amide bonds. The van der Waals surface area contributed by atoms with Crippen LogP contribution in [0.25, 0.3) is 0 Å². The fourth-order valence-corrected chi connectivity index (χ4v) is 5.24. The third kappa shape index (κ3) is 5.99. The molecule has 190 valence electrons. The monoisotopic (exact) mass is 511 g/mol. The summed E-state index contributed by atoms with van der Waals surface area (Å²) >= 11 is 1.47. The highest BCUT2D eigenvalue weighted by molar-refractivity contribution is 7.98. The van der Waals surface area contributed by atoms with E-state index in [9.17, 15) is 9.18 Å². The summed E-state index contributed by atoms with van der Waals surface area (Å²) in [6.07, 6.45) is 2.10. The zero-order valence-corrected chi connectivity index (χ0v) is 21.1. The summed E-state index contributed by atoms with van der Waals surface area (Å²) in [6, 6.07) is 12.4. The molecule has 1 aromatic carbocycles. The summed E-state index contributed by atoms with van der Waals surface area (Å²) in [4.78, 5) is 26.0. The number of piperazine rings is 1. The van der Waals surface area contributed by atoms with E-state index in [0.717, 1.165) is 57.1 Å². The van der Waals surface area contributed by atoms with E-state index in [1.807, 2.05) is 31.2 Å². The Morgan fingerprint density at radius 2 is 1.94 bits per heavy atom. The smallest absolute Gasteiger partial charge is 0.287 e. The Morgan fingerprint density at radius 3 is 2.72 bits per heavy atom. The highest BCUT2D eigenvalue weighted by Crippen LogP contribution is 2.26. The van der Waals surface area contributed by atoms with Crippen molar-refractivity contribution in [1.82, 2.24) is 15.3 Å². The lowest BCUT2D eigenvalue weighted by Gasteiger charge is -2.37. The van der Waals surface area contributed by atoms with Gasteiger partial charge in [0.1, 0.15) is 17.4 Å². The average molecular weight is 512 g/mol. The maximum absolute atomic E-state index is 14.2. The van der Waals surface area contributed by atoms with E-state index in [0.29, 0.717) is 34.7 Å². The van der Waals surface area contributed by atoms with E-state index < -0.39 is 0 Å². The van der Waals surface area contributed by atoms with E-state index in [4.69, 9.17) is 14.1 Å². The highest BCUT2D eigenvalue weighted by Gasteiger charge is 2.22. The zero-order valence-electron chi connectivity index (χ0n) is 20.3. The summed E-state index contributed by atoms with van der Waals surface area (Å²) in [6.45, 7) is 6.14. The standard InChI is InChI=1S/C26H30FN5O3S/c1-18-15-24(32-12-10-31(11-13-32)22-7-3-2-6-21(22)27)30-26(29-18)36-17-20-8-9-23(35-20)25(33)28-16-19-5-4-14-34-19/h2-3,6-9,15,19H,4-5,10-14,16-17H2,1H3,(H,28,33)/t19-/m1/s1. The lowest BCUT2D eigenvalue weighted by Crippen LogP contribution is -2.47. The number of nitrogens with one attached hydrogen (secondary N) is 1. The number of para-hydroxylation sites is 1. The molecule has 5 rings (SSSR count). The fourth-order valence-electron chi connectivity index (χ4n) is 4.45. The lowest BCUT2D eigenvalue weighted by atomic mass is 10.2. The number of aromatic nitrogens is 2. The first kappa shape index (κ1) is 24.6. The molecule has 0 radical (unpaired) electrons. The number of carbonyl (C=O) groups is 1. The van der Waals surface area contributed by atoms with Crippen LogP contribution in [0.4, 0.5) is 15.9 Å². The maximum Gasteiger partial charge on any atom is 0.287 e. The molecule has 3 aromatic rings. The minimum absolute atomic E-state index is 0.0917. The number of hydrogen-bond acceptors (Lipinski definition) is 8. The van der Waals surface area contributed by atoms with Crippen molar-refractivity contribution >= 4 is 29.2 Å². The molecule has 0 spiro atoms. The van der Waals surface area contributed by atoms with E-state index in [1.165, 1.54) is 17.8 Å². The van der Waals surface area contributed by atoms with Crippen LogP contribution in [0.5, 0.6) is 0 Å². The number of rotatable bonds is 8. The first-order valence-corrected chi connectivity index (χ1v) is 13.2. The largest absolute Gasteiger partial charge is 0.455 e. The normalized spacial score (nSPS) is 18.0. The van der Waals surface area contributed by atoms with Crippen LogP contribution >= 0.6 is 11.8 Å². The van der Waals surface area contributed by atoms with Gasteiger partial charge in [-0.1, -0.05) is 23.9 Å². The van der Waals surface area contributed by atoms with Crippen molar-refractivity contribution in [3.63, 3.8) is 0 Å². The molecule has 0 aliphatic carbocycles. The number of aryl methyl sites for hydroxylation is 1. The van der Waals surface area contributed by atoms with Gasteiger partial charge < -0.3 is 24.3 Å². The minimum atomic E-state index is -0.231. The number of furan rings is 1. The van der Waals surface area contributed by atoms with E-state index >= 15 is 0 Å². The summed E-state index contributed by atoms with van der Waals surface area (Å²) in [5, 5.41) is 3.53. The molecular formula is C26H30FN5O3S.